The topological polar surface area (TPSA) is 23.6 Å². The van der Waals surface area contributed by atoms with E-state index in [1.807, 2.05) is 11.0 Å². The predicted molar refractivity (Wildman–Crippen MR) is 97.5 cm³/mol. The van der Waals surface area contributed by atoms with Crippen LogP contribution in [0.15, 0.2) is 30.3 Å². The van der Waals surface area contributed by atoms with E-state index in [-0.39, 0.29) is 11.3 Å². The maximum absolute atomic E-state index is 12.3. The van der Waals surface area contributed by atoms with E-state index in [9.17, 15) is 4.79 Å². The van der Waals surface area contributed by atoms with Crippen molar-refractivity contribution in [3.05, 3.63) is 41.5 Å². The van der Waals surface area contributed by atoms with Gasteiger partial charge in [-0.05, 0) is 35.6 Å². The van der Waals surface area contributed by atoms with Gasteiger partial charge in [-0.2, -0.15) is 0 Å². The number of nitrogens with zero attached hydrogens (tertiary/aromatic N) is 2. The third kappa shape index (κ3) is 5.21. The van der Waals surface area contributed by atoms with Gasteiger partial charge in [-0.3, -0.25) is 9.69 Å². The van der Waals surface area contributed by atoms with Crippen LogP contribution in [-0.4, -0.2) is 48.4 Å². The van der Waals surface area contributed by atoms with Gasteiger partial charge in [-0.25, -0.2) is 0 Å². The lowest BCUT2D eigenvalue weighted by molar-refractivity contribution is -0.127. The van der Waals surface area contributed by atoms with Gasteiger partial charge < -0.3 is 4.90 Å². The van der Waals surface area contributed by atoms with Gasteiger partial charge in [0.25, 0.3) is 0 Å². The van der Waals surface area contributed by atoms with E-state index in [1.54, 1.807) is 6.08 Å². The molecule has 0 radical (unpaired) electrons. The molecule has 2 rings (SSSR count). The molecule has 3 nitrogen and oxygen atoms in total. The number of rotatable bonds is 4. The second kappa shape index (κ2) is 7.78. The summed E-state index contributed by atoms with van der Waals surface area (Å²) in [5, 5.41) is 0. The molecule has 0 unspecified atom stereocenters. The van der Waals surface area contributed by atoms with Crippen LogP contribution in [0.4, 0.5) is 0 Å². The Bertz CT molecular complexity index is 532. The minimum Gasteiger partial charge on any atom is -0.337 e. The van der Waals surface area contributed by atoms with Crippen molar-refractivity contribution >= 4 is 12.0 Å². The van der Waals surface area contributed by atoms with E-state index in [0.29, 0.717) is 0 Å². The Labute approximate surface area is 141 Å². The largest absolute Gasteiger partial charge is 0.337 e. The fourth-order valence-corrected chi connectivity index (χ4v) is 2.88. The number of hydrogen-bond donors (Lipinski definition) is 0. The number of carbonyl (C=O) groups is 1. The first-order valence-corrected chi connectivity index (χ1v) is 8.70. The van der Waals surface area contributed by atoms with Crippen LogP contribution < -0.4 is 0 Å². The molecule has 1 aliphatic rings. The zero-order valence-corrected chi connectivity index (χ0v) is 15.0. The highest BCUT2D eigenvalue weighted by molar-refractivity contribution is 5.91. The zero-order valence-electron chi connectivity index (χ0n) is 15.0. The summed E-state index contributed by atoms with van der Waals surface area (Å²) in [4.78, 5) is 16.7. The SMILES string of the molecule is CCCN1CCN(C(=O)/C=C/c2ccc(C(C)(C)C)cc2)CC1. The Morgan fingerprint density at radius 2 is 1.70 bits per heavy atom. The number of benzene rings is 1. The molecule has 0 saturated carbocycles. The molecule has 1 saturated heterocycles. The number of carbonyl (C=O) groups excluding carboxylic acids is 1. The van der Waals surface area contributed by atoms with Crippen molar-refractivity contribution in [3.63, 3.8) is 0 Å². The first-order chi connectivity index (χ1) is 10.9. The minimum absolute atomic E-state index is 0.126. The van der Waals surface area contributed by atoms with Gasteiger partial charge >= 0.3 is 0 Å². The fraction of sp³-hybridized carbons (Fsp3) is 0.550. The summed E-state index contributed by atoms with van der Waals surface area (Å²) in [6.45, 7) is 13.6. The third-order valence-corrected chi connectivity index (χ3v) is 4.42. The summed E-state index contributed by atoms with van der Waals surface area (Å²) in [6.07, 6.45) is 4.81. The normalized spacial score (nSPS) is 17.0. The predicted octanol–water partition coefficient (Wildman–Crippen LogP) is 3.55. The zero-order chi connectivity index (χ0) is 16.9. The highest BCUT2D eigenvalue weighted by atomic mass is 16.2. The van der Waals surface area contributed by atoms with Crippen molar-refractivity contribution in [1.82, 2.24) is 9.80 Å². The standard InChI is InChI=1S/C20H30N2O/c1-5-12-21-13-15-22(16-14-21)19(23)11-8-17-6-9-18(10-7-17)20(2,3)4/h6-11H,5,12-16H2,1-4H3/b11-8+. The molecular weight excluding hydrogens is 284 g/mol. The average molecular weight is 314 g/mol. The summed E-state index contributed by atoms with van der Waals surface area (Å²) < 4.78 is 0. The van der Waals surface area contributed by atoms with Crippen LogP contribution >= 0.6 is 0 Å². The first kappa shape index (κ1) is 17.7. The van der Waals surface area contributed by atoms with E-state index in [4.69, 9.17) is 0 Å². The Balaban J connectivity index is 1.89. The van der Waals surface area contributed by atoms with E-state index in [2.05, 4.69) is 56.9 Å². The van der Waals surface area contributed by atoms with Crippen LogP contribution in [0.2, 0.25) is 0 Å². The summed E-state index contributed by atoms with van der Waals surface area (Å²) in [7, 11) is 0. The molecule has 0 spiro atoms. The molecule has 1 aromatic rings. The van der Waals surface area contributed by atoms with Gasteiger partial charge in [0.1, 0.15) is 0 Å². The van der Waals surface area contributed by atoms with Gasteiger partial charge in [-0.1, -0.05) is 52.0 Å². The molecule has 1 amide bonds. The van der Waals surface area contributed by atoms with E-state index < -0.39 is 0 Å². The molecule has 1 heterocycles. The summed E-state index contributed by atoms with van der Waals surface area (Å²) in [5.74, 6) is 0.126. The van der Waals surface area contributed by atoms with Crippen molar-refractivity contribution in [2.75, 3.05) is 32.7 Å². The lowest BCUT2D eigenvalue weighted by Gasteiger charge is -2.34. The number of piperazine rings is 1. The Kier molecular flexibility index (Phi) is 6.00. The van der Waals surface area contributed by atoms with Crippen LogP contribution in [0, 0.1) is 0 Å². The Hall–Kier alpha value is -1.61. The van der Waals surface area contributed by atoms with Crippen molar-refractivity contribution in [2.24, 2.45) is 0 Å². The molecule has 0 N–H and O–H groups in total. The van der Waals surface area contributed by atoms with Crippen LogP contribution in [0.25, 0.3) is 6.08 Å². The molecule has 1 aromatic carbocycles. The van der Waals surface area contributed by atoms with E-state index in [0.717, 1.165) is 38.3 Å². The van der Waals surface area contributed by atoms with Crippen molar-refractivity contribution in [2.45, 2.75) is 39.5 Å². The van der Waals surface area contributed by atoms with Gasteiger partial charge in [-0.15, -0.1) is 0 Å². The lowest BCUT2D eigenvalue weighted by Crippen LogP contribution is -2.48. The average Bonchev–Trinajstić information content (AvgIpc) is 2.53. The maximum Gasteiger partial charge on any atom is 0.246 e. The second-order valence-corrected chi connectivity index (χ2v) is 7.37. The quantitative estimate of drug-likeness (QED) is 0.794. The van der Waals surface area contributed by atoms with Crippen molar-refractivity contribution < 1.29 is 4.79 Å². The van der Waals surface area contributed by atoms with Crippen LogP contribution in [0.3, 0.4) is 0 Å². The molecule has 3 heteroatoms. The van der Waals surface area contributed by atoms with Gasteiger partial charge in [0.15, 0.2) is 0 Å². The van der Waals surface area contributed by atoms with Crippen LogP contribution in [0.1, 0.15) is 45.2 Å². The van der Waals surface area contributed by atoms with Crippen molar-refractivity contribution in [3.8, 4) is 0 Å². The van der Waals surface area contributed by atoms with Gasteiger partial charge in [0.2, 0.25) is 5.91 Å². The molecule has 0 aromatic heterocycles. The highest BCUT2D eigenvalue weighted by Gasteiger charge is 2.18. The lowest BCUT2D eigenvalue weighted by atomic mass is 9.87. The number of amides is 1. The summed E-state index contributed by atoms with van der Waals surface area (Å²) >= 11 is 0. The highest BCUT2D eigenvalue weighted by Crippen LogP contribution is 2.22. The minimum atomic E-state index is 0.126. The molecule has 0 bridgehead atoms. The number of hydrogen-bond acceptors (Lipinski definition) is 2. The molecule has 23 heavy (non-hydrogen) atoms. The smallest absolute Gasteiger partial charge is 0.246 e. The van der Waals surface area contributed by atoms with Crippen LogP contribution in [-0.2, 0) is 10.2 Å². The molecule has 1 aliphatic heterocycles. The molecule has 126 valence electrons. The summed E-state index contributed by atoms with van der Waals surface area (Å²) in [6, 6.07) is 8.47. The third-order valence-electron chi connectivity index (χ3n) is 4.42. The van der Waals surface area contributed by atoms with Crippen LogP contribution in [0.5, 0.6) is 0 Å². The van der Waals surface area contributed by atoms with Gasteiger partial charge in [0.05, 0.1) is 0 Å². The Morgan fingerprint density at radius 3 is 2.22 bits per heavy atom. The maximum atomic E-state index is 12.3. The molecular formula is C20H30N2O. The van der Waals surface area contributed by atoms with E-state index >= 15 is 0 Å². The van der Waals surface area contributed by atoms with Crippen molar-refractivity contribution in [1.29, 1.82) is 0 Å². The monoisotopic (exact) mass is 314 g/mol. The molecule has 0 atom stereocenters. The second-order valence-electron chi connectivity index (χ2n) is 7.37. The van der Waals surface area contributed by atoms with Gasteiger partial charge in [0, 0.05) is 32.3 Å². The Morgan fingerprint density at radius 1 is 1.09 bits per heavy atom. The van der Waals surface area contributed by atoms with E-state index in [1.165, 1.54) is 12.0 Å². The summed E-state index contributed by atoms with van der Waals surface area (Å²) in [5.41, 5.74) is 2.56. The fourth-order valence-electron chi connectivity index (χ4n) is 2.88. The molecule has 1 fully saturated rings. The first-order valence-electron chi connectivity index (χ1n) is 8.70. The molecule has 0 aliphatic carbocycles.